The number of hydrogen-bond donors (Lipinski definition) is 1. The van der Waals surface area contributed by atoms with Gasteiger partial charge in [0, 0.05) is 25.0 Å². The Labute approximate surface area is 104 Å². The number of furan rings is 1. The van der Waals surface area contributed by atoms with Crippen molar-refractivity contribution in [3.63, 3.8) is 0 Å². The molecule has 0 spiro atoms. The summed E-state index contributed by atoms with van der Waals surface area (Å²) in [5.74, 6) is 1.74. The predicted octanol–water partition coefficient (Wildman–Crippen LogP) is 2.27. The van der Waals surface area contributed by atoms with E-state index in [0.717, 1.165) is 31.7 Å². The first-order valence-electron chi connectivity index (χ1n) is 6.72. The van der Waals surface area contributed by atoms with Crippen LogP contribution in [0.1, 0.15) is 32.4 Å². The average Bonchev–Trinajstić information content (AvgIpc) is 2.82. The third-order valence-corrected chi connectivity index (χ3v) is 4.05. The number of rotatable bonds is 4. The van der Waals surface area contributed by atoms with Crippen molar-refractivity contribution in [3.05, 3.63) is 24.2 Å². The molecule has 0 bridgehead atoms. The van der Waals surface area contributed by atoms with Crippen molar-refractivity contribution in [2.45, 2.75) is 45.2 Å². The molecule has 96 valence electrons. The number of nitrogens with zero attached hydrogens (tertiary/aromatic N) is 1. The summed E-state index contributed by atoms with van der Waals surface area (Å²) in [6.45, 7) is 6.79. The maximum Gasteiger partial charge on any atom is 0.105 e. The molecule has 0 aromatic carbocycles. The summed E-state index contributed by atoms with van der Waals surface area (Å²) in [6.07, 6.45) is 5.06. The van der Waals surface area contributed by atoms with Crippen LogP contribution < -0.4 is 5.73 Å². The number of likely N-dealkylation sites (tertiary alicyclic amines) is 1. The van der Waals surface area contributed by atoms with Gasteiger partial charge in [0.1, 0.15) is 5.76 Å². The van der Waals surface area contributed by atoms with Crippen LogP contribution in [0.4, 0.5) is 0 Å². The lowest BCUT2D eigenvalue weighted by Crippen LogP contribution is -2.50. The van der Waals surface area contributed by atoms with Gasteiger partial charge in [-0.25, -0.2) is 0 Å². The SMILES string of the molecule is CCC1CN(C(C)Cc2ccco2)CCC1N. The molecular formula is C14H24N2O. The lowest BCUT2D eigenvalue weighted by Gasteiger charge is -2.39. The van der Waals surface area contributed by atoms with E-state index in [-0.39, 0.29) is 0 Å². The van der Waals surface area contributed by atoms with E-state index in [2.05, 4.69) is 24.8 Å². The molecule has 3 heteroatoms. The first kappa shape index (κ1) is 12.7. The summed E-state index contributed by atoms with van der Waals surface area (Å²) in [5, 5.41) is 0. The van der Waals surface area contributed by atoms with Crippen LogP contribution in [0.3, 0.4) is 0 Å². The third-order valence-electron chi connectivity index (χ3n) is 4.05. The molecule has 3 unspecified atom stereocenters. The van der Waals surface area contributed by atoms with E-state index < -0.39 is 0 Å². The van der Waals surface area contributed by atoms with Crippen molar-refractivity contribution in [2.75, 3.05) is 13.1 Å². The van der Waals surface area contributed by atoms with Crippen LogP contribution in [0.2, 0.25) is 0 Å². The quantitative estimate of drug-likeness (QED) is 0.872. The van der Waals surface area contributed by atoms with E-state index in [1.165, 1.54) is 6.42 Å². The highest BCUT2D eigenvalue weighted by molar-refractivity contribution is 5.00. The van der Waals surface area contributed by atoms with Gasteiger partial charge in [-0.15, -0.1) is 0 Å². The van der Waals surface area contributed by atoms with Gasteiger partial charge in [0.2, 0.25) is 0 Å². The summed E-state index contributed by atoms with van der Waals surface area (Å²) in [7, 11) is 0. The second-order valence-electron chi connectivity index (χ2n) is 5.25. The molecule has 0 amide bonds. The zero-order valence-corrected chi connectivity index (χ0v) is 10.9. The van der Waals surface area contributed by atoms with Crippen LogP contribution in [0.5, 0.6) is 0 Å². The van der Waals surface area contributed by atoms with Gasteiger partial charge < -0.3 is 10.2 Å². The molecule has 1 aromatic heterocycles. The van der Waals surface area contributed by atoms with Crippen molar-refractivity contribution in [1.82, 2.24) is 4.90 Å². The minimum absolute atomic E-state index is 0.395. The summed E-state index contributed by atoms with van der Waals surface area (Å²) >= 11 is 0. The molecule has 2 rings (SSSR count). The van der Waals surface area contributed by atoms with Gasteiger partial charge in [-0.3, -0.25) is 4.90 Å². The second-order valence-corrected chi connectivity index (χ2v) is 5.25. The van der Waals surface area contributed by atoms with Crippen molar-refractivity contribution in [2.24, 2.45) is 11.7 Å². The Morgan fingerprint density at radius 3 is 3.06 bits per heavy atom. The van der Waals surface area contributed by atoms with E-state index in [0.29, 0.717) is 18.0 Å². The largest absolute Gasteiger partial charge is 0.469 e. The standard InChI is InChI=1S/C14H24N2O/c1-3-12-10-16(7-6-14(12)15)11(2)9-13-5-4-8-17-13/h4-5,8,11-12,14H,3,6-7,9-10,15H2,1-2H3. The Balaban J connectivity index is 1.89. The monoisotopic (exact) mass is 236 g/mol. The molecule has 1 saturated heterocycles. The van der Waals surface area contributed by atoms with E-state index in [1.807, 2.05) is 6.07 Å². The Hall–Kier alpha value is -0.800. The Morgan fingerprint density at radius 2 is 2.41 bits per heavy atom. The maximum absolute atomic E-state index is 6.14. The lowest BCUT2D eigenvalue weighted by atomic mass is 9.89. The Morgan fingerprint density at radius 1 is 1.59 bits per heavy atom. The van der Waals surface area contributed by atoms with Crippen molar-refractivity contribution in [3.8, 4) is 0 Å². The summed E-state index contributed by atoms with van der Waals surface area (Å²) in [4.78, 5) is 2.56. The van der Waals surface area contributed by atoms with Crippen LogP contribution in [0.25, 0.3) is 0 Å². The zero-order valence-electron chi connectivity index (χ0n) is 10.9. The summed E-state index contributed by atoms with van der Waals surface area (Å²) in [6, 6.07) is 4.96. The van der Waals surface area contributed by atoms with Gasteiger partial charge >= 0.3 is 0 Å². The second kappa shape index (κ2) is 5.69. The fraction of sp³-hybridized carbons (Fsp3) is 0.714. The molecule has 1 aliphatic heterocycles. The van der Waals surface area contributed by atoms with Gasteiger partial charge in [-0.05, 0) is 37.9 Å². The Kier molecular flexibility index (Phi) is 4.24. The fourth-order valence-electron chi connectivity index (χ4n) is 2.76. The van der Waals surface area contributed by atoms with Crippen LogP contribution in [0, 0.1) is 5.92 Å². The highest BCUT2D eigenvalue weighted by atomic mass is 16.3. The zero-order chi connectivity index (χ0) is 12.3. The lowest BCUT2D eigenvalue weighted by molar-refractivity contribution is 0.111. The molecule has 2 heterocycles. The average molecular weight is 236 g/mol. The van der Waals surface area contributed by atoms with E-state index in [1.54, 1.807) is 6.26 Å². The highest BCUT2D eigenvalue weighted by Crippen LogP contribution is 2.21. The topological polar surface area (TPSA) is 42.4 Å². The fourth-order valence-corrected chi connectivity index (χ4v) is 2.76. The van der Waals surface area contributed by atoms with E-state index in [4.69, 9.17) is 10.2 Å². The molecular weight excluding hydrogens is 212 g/mol. The predicted molar refractivity (Wildman–Crippen MR) is 69.8 cm³/mol. The number of nitrogens with two attached hydrogens (primary N) is 1. The van der Waals surface area contributed by atoms with Gasteiger partial charge in [0.05, 0.1) is 6.26 Å². The van der Waals surface area contributed by atoms with Crippen LogP contribution >= 0.6 is 0 Å². The summed E-state index contributed by atoms with van der Waals surface area (Å²) in [5.41, 5.74) is 6.14. The molecule has 0 aliphatic carbocycles. The first-order chi connectivity index (χ1) is 8.20. The third kappa shape index (κ3) is 3.11. The van der Waals surface area contributed by atoms with Crippen molar-refractivity contribution < 1.29 is 4.42 Å². The molecule has 1 aliphatic rings. The van der Waals surface area contributed by atoms with Crippen LogP contribution in [0.15, 0.2) is 22.8 Å². The molecule has 17 heavy (non-hydrogen) atoms. The molecule has 1 aromatic rings. The molecule has 0 radical (unpaired) electrons. The van der Waals surface area contributed by atoms with Crippen molar-refractivity contribution in [1.29, 1.82) is 0 Å². The molecule has 1 fully saturated rings. The Bertz CT molecular complexity index is 323. The van der Waals surface area contributed by atoms with Crippen LogP contribution in [-0.2, 0) is 6.42 Å². The minimum atomic E-state index is 0.395. The molecule has 3 atom stereocenters. The van der Waals surface area contributed by atoms with Gasteiger partial charge in [-0.1, -0.05) is 13.3 Å². The van der Waals surface area contributed by atoms with E-state index in [9.17, 15) is 0 Å². The van der Waals surface area contributed by atoms with Crippen molar-refractivity contribution >= 4 is 0 Å². The molecule has 3 nitrogen and oxygen atoms in total. The van der Waals surface area contributed by atoms with Crippen LogP contribution in [-0.4, -0.2) is 30.1 Å². The van der Waals surface area contributed by atoms with Gasteiger partial charge in [-0.2, -0.15) is 0 Å². The normalized spacial score (nSPS) is 28.2. The number of piperidine rings is 1. The van der Waals surface area contributed by atoms with Gasteiger partial charge in [0.15, 0.2) is 0 Å². The number of hydrogen-bond acceptors (Lipinski definition) is 3. The minimum Gasteiger partial charge on any atom is -0.469 e. The maximum atomic E-state index is 6.14. The smallest absolute Gasteiger partial charge is 0.105 e. The van der Waals surface area contributed by atoms with Gasteiger partial charge in [0.25, 0.3) is 0 Å². The molecule has 0 saturated carbocycles. The first-order valence-corrected chi connectivity index (χ1v) is 6.72. The van der Waals surface area contributed by atoms with E-state index >= 15 is 0 Å². The summed E-state index contributed by atoms with van der Waals surface area (Å²) < 4.78 is 5.42. The molecule has 2 N–H and O–H groups in total. The highest BCUT2D eigenvalue weighted by Gasteiger charge is 2.28.